The quantitative estimate of drug-likeness (QED) is 0.882. The highest BCUT2D eigenvalue weighted by Crippen LogP contribution is 2.19. The highest BCUT2D eigenvalue weighted by atomic mass is 35.5. The molecule has 0 aromatic carbocycles. The molecule has 0 saturated carbocycles. The zero-order valence-electron chi connectivity index (χ0n) is 10.4. The summed E-state index contributed by atoms with van der Waals surface area (Å²) >= 11 is 5.85. The van der Waals surface area contributed by atoms with Gasteiger partial charge in [0.1, 0.15) is 0 Å². The van der Waals surface area contributed by atoms with Gasteiger partial charge in [-0.15, -0.1) is 0 Å². The van der Waals surface area contributed by atoms with Gasteiger partial charge in [-0.2, -0.15) is 15.0 Å². The molecular formula is C10H18ClN5. The van der Waals surface area contributed by atoms with Crippen LogP contribution in [-0.2, 0) is 0 Å². The van der Waals surface area contributed by atoms with E-state index in [9.17, 15) is 0 Å². The number of hydrogen-bond acceptors (Lipinski definition) is 5. The van der Waals surface area contributed by atoms with Gasteiger partial charge in [0.15, 0.2) is 0 Å². The van der Waals surface area contributed by atoms with Gasteiger partial charge in [-0.25, -0.2) is 0 Å². The van der Waals surface area contributed by atoms with Crippen LogP contribution < -0.4 is 10.2 Å². The normalized spacial score (nSPS) is 11.4. The maximum absolute atomic E-state index is 5.85. The average molecular weight is 244 g/mol. The third-order valence-electron chi connectivity index (χ3n) is 2.24. The van der Waals surface area contributed by atoms with Crippen molar-refractivity contribution >= 4 is 23.5 Å². The summed E-state index contributed by atoms with van der Waals surface area (Å²) in [5, 5.41) is 3.23. The topological polar surface area (TPSA) is 53.9 Å². The van der Waals surface area contributed by atoms with E-state index in [4.69, 9.17) is 11.6 Å². The maximum atomic E-state index is 5.85. The SMILES string of the molecule is CCNc1nc(Cl)nc(N(C)C(C)(C)C)n1. The first-order valence-corrected chi connectivity index (χ1v) is 5.61. The van der Waals surface area contributed by atoms with Crippen LogP contribution >= 0.6 is 11.6 Å². The molecule has 0 unspecified atom stereocenters. The van der Waals surface area contributed by atoms with Crippen molar-refractivity contribution in [3.8, 4) is 0 Å². The van der Waals surface area contributed by atoms with Crippen LogP contribution in [0.2, 0.25) is 5.28 Å². The molecule has 0 radical (unpaired) electrons. The number of nitrogens with one attached hydrogen (secondary N) is 1. The Morgan fingerprint density at radius 3 is 2.38 bits per heavy atom. The van der Waals surface area contributed by atoms with E-state index in [0.29, 0.717) is 11.9 Å². The van der Waals surface area contributed by atoms with E-state index in [1.165, 1.54) is 0 Å². The van der Waals surface area contributed by atoms with E-state index < -0.39 is 0 Å². The molecule has 0 amide bonds. The first kappa shape index (κ1) is 13.0. The standard InChI is InChI=1S/C10H18ClN5/c1-6-12-8-13-7(11)14-9(15-8)16(5)10(2,3)4/h6H2,1-5H3,(H,12,13,14,15). The van der Waals surface area contributed by atoms with Crippen LogP contribution in [0, 0.1) is 0 Å². The Morgan fingerprint density at radius 1 is 1.25 bits per heavy atom. The lowest BCUT2D eigenvalue weighted by molar-refractivity contribution is 0.527. The van der Waals surface area contributed by atoms with Gasteiger partial charge < -0.3 is 10.2 Å². The lowest BCUT2D eigenvalue weighted by atomic mass is 10.1. The summed E-state index contributed by atoms with van der Waals surface area (Å²) in [5.74, 6) is 1.08. The first-order valence-electron chi connectivity index (χ1n) is 5.24. The molecule has 0 aliphatic carbocycles. The van der Waals surface area contributed by atoms with Gasteiger partial charge in [-0.05, 0) is 39.3 Å². The fraction of sp³-hybridized carbons (Fsp3) is 0.700. The number of nitrogens with zero attached hydrogens (tertiary/aromatic N) is 4. The Labute approximate surface area is 101 Å². The lowest BCUT2D eigenvalue weighted by Crippen LogP contribution is -2.39. The van der Waals surface area contributed by atoms with Crippen LogP contribution in [-0.4, -0.2) is 34.1 Å². The molecule has 5 nitrogen and oxygen atoms in total. The smallest absolute Gasteiger partial charge is 0.231 e. The van der Waals surface area contributed by atoms with Gasteiger partial charge in [-0.1, -0.05) is 0 Å². The Morgan fingerprint density at radius 2 is 1.88 bits per heavy atom. The first-order chi connectivity index (χ1) is 7.34. The van der Waals surface area contributed by atoms with Gasteiger partial charge in [0.25, 0.3) is 0 Å². The monoisotopic (exact) mass is 243 g/mol. The molecule has 90 valence electrons. The average Bonchev–Trinajstić information content (AvgIpc) is 2.14. The van der Waals surface area contributed by atoms with Crippen molar-refractivity contribution in [3.63, 3.8) is 0 Å². The summed E-state index contributed by atoms with van der Waals surface area (Å²) in [6, 6.07) is 0. The predicted molar refractivity (Wildman–Crippen MR) is 67.2 cm³/mol. The Balaban J connectivity index is 3.04. The third kappa shape index (κ3) is 3.20. The molecule has 1 aromatic heterocycles. The highest BCUT2D eigenvalue weighted by Gasteiger charge is 2.20. The van der Waals surface area contributed by atoms with Crippen LogP contribution in [0.25, 0.3) is 0 Å². The Kier molecular flexibility index (Phi) is 3.91. The second-order valence-corrected chi connectivity index (χ2v) is 4.83. The molecule has 0 aliphatic rings. The largest absolute Gasteiger partial charge is 0.354 e. The molecule has 1 heterocycles. The predicted octanol–water partition coefficient (Wildman–Crippen LogP) is 2.19. The van der Waals surface area contributed by atoms with E-state index in [2.05, 4.69) is 41.0 Å². The van der Waals surface area contributed by atoms with E-state index in [-0.39, 0.29) is 10.8 Å². The molecule has 16 heavy (non-hydrogen) atoms. The molecule has 0 aliphatic heterocycles. The molecule has 6 heteroatoms. The van der Waals surface area contributed by atoms with Crippen LogP contribution in [0.3, 0.4) is 0 Å². The van der Waals surface area contributed by atoms with Crippen molar-refractivity contribution in [2.45, 2.75) is 33.2 Å². The van der Waals surface area contributed by atoms with Crippen LogP contribution in [0.1, 0.15) is 27.7 Å². The summed E-state index contributed by atoms with van der Waals surface area (Å²) in [5.41, 5.74) is -0.0613. The maximum Gasteiger partial charge on any atom is 0.231 e. The molecule has 0 spiro atoms. The van der Waals surface area contributed by atoms with Crippen molar-refractivity contribution in [1.29, 1.82) is 0 Å². The molecular weight excluding hydrogens is 226 g/mol. The zero-order valence-corrected chi connectivity index (χ0v) is 11.1. The second-order valence-electron chi connectivity index (χ2n) is 4.49. The van der Waals surface area contributed by atoms with E-state index in [1.54, 1.807) is 0 Å². The van der Waals surface area contributed by atoms with Crippen molar-refractivity contribution in [2.24, 2.45) is 0 Å². The number of hydrogen-bond donors (Lipinski definition) is 1. The third-order valence-corrected chi connectivity index (χ3v) is 2.41. The summed E-state index contributed by atoms with van der Waals surface area (Å²) in [7, 11) is 1.93. The summed E-state index contributed by atoms with van der Waals surface area (Å²) < 4.78 is 0. The molecule has 0 atom stereocenters. The number of anilines is 2. The second kappa shape index (κ2) is 4.82. The number of aromatic nitrogens is 3. The van der Waals surface area contributed by atoms with E-state index in [1.807, 2.05) is 18.9 Å². The zero-order chi connectivity index (χ0) is 12.3. The van der Waals surface area contributed by atoms with Crippen molar-refractivity contribution < 1.29 is 0 Å². The summed E-state index contributed by atoms with van der Waals surface area (Å²) in [6.45, 7) is 8.97. The molecule has 0 saturated heterocycles. The van der Waals surface area contributed by atoms with Gasteiger partial charge in [0.05, 0.1) is 0 Å². The Hall–Kier alpha value is -1.10. The van der Waals surface area contributed by atoms with Crippen molar-refractivity contribution in [1.82, 2.24) is 15.0 Å². The molecule has 1 rings (SSSR count). The number of halogens is 1. The van der Waals surface area contributed by atoms with Crippen LogP contribution in [0.15, 0.2) is 0 Å². The van der Waals surface area contributed by atoms with Gasteiger partial charge in [0.2, 0.25) is 17.2 Å². The fourth-order valence-electron chi connectivity index (χ4n) is 1.03. The van der Waals surface area contributed by atoms with Gasteiger partial charge in [-0.3, -0.25) is 0 Å². The fourth-order valence-corrected chi connectivity index (χ4v) is 1.18. The van der Waals surface area contributed by atoms with Crippen LogP contribution in [0.5, 0.6) is 0 Å². The molecule has 0 bridgehead atoms. The van der Waals surface area contributed by atoms with Gasteiger partial charge >= 0.3 is 0 Å². The van der Waals surface area contributed by atoms with Crippen LogP contribution in [0.4, 0.5) is 11.9 Å². The summed E-state index contributed by atoms with van der Waals surface area (Å²) in [4.78, 5) is 14.4. The van der Waals surface area contributed by atoms with Crippen molar-refractivity contribution in [2.75, 3.05) is 23.8 Å². The molecule has 1 aromatic rings. The summed E-state index contributed by atoms with van der Waals surface area (Å²) in [6.07, 6.45) is 0. The minimum Gasteiger partial charge on any atom is -0.354 e. The Bertz CT molecular complexity index is 361. The van der Waals surface area contributed by atoms with E-state index in [0.717, 1.165) is 6.54 Å². The lowest BCUT2D eigenvalue weighted by Gasteiger charge is -2.31. The van der Waals surface area contributed by atoms with E-state index >= 15 is 0 Å². The molecule has 0 fully saturated rings. The number of rotatable bonds is 3. The molecule has 1 N–H and O–H groups in total. The van der Waals surface area contributed by atoms with Crippen molar-refractivity contribution in [3.05, 3.63) is 5.28 Å². The highest BCUT2D eigenvalue weighted by molar-refractivity contribution is 6.28. The van der Waals surface area contributed by atoms with Gasteiger partial charge in [0, 0.05) is 19.1 Å². The minimum absolute atomic E-state index is 0.0613. The minimum atomic E-state index is -0.0613.